The van der Waals surface area contributed by atoms with Gasteiger partial charge in [0.2, 0.25) is 0 Å². The van der Waals surface area contributed by atoms with Gasteiger partial charge in [-0.3, -0.25) is 4.68 Å². The van der Waals surface area contributed by atoms with Gasteiger partial charge in [0.25, 0.3) is 0 Å². The average molecular weight is 245 g/mol. The number of aryl methyl sites for hydroxylation is 3. The minimum atomic E-state index is 0.705. The van der Waals surface area contributed by atoms with Crippen LogP contribution in [0, 0.1) is 13.8 Å². The largest absolute Gasteiger partial charge is 0.310 e. The highest BCUT2D eigenvalue weighted by atomic mass is 15.4. The van der Waals surface area contributed by atoms with Crippen LogP contribution in [0.2, 0.25) is 0 Å². The molecular weight excluding hydrogens is 226 g/mol. The van der Waals surface area contributed by atoms with Crippen molar-refractivity contribution in [3.63, 3.8) is 0 Å². The van der Waals surface area contributed by atoms with Crippen LogP contribution in [0.1, 0.15) is 29.8 Å². The van der Waals surface area contributed by atoms with E-state index in [1.54, 1.807) is 0 Å². The molecule has 0 amide bonds. The number of aromatic nitrogens is 4. The van der Waals surface area contributed by atoms with Gasteiger partial charge in [-0.2, -0.15) is 10.2 Å². The van der Waals surface area contributed by atoms with Crippen molar-refractivity contribution < 1.29 is 0 Å². The van der Waals surface area contributed by atoms with E-state index in [2.05, 4.69) is 22.4 Å². The molecule has 0 bridgehead atoms. The molecule has 1 saturated carbocycles. The Hall–Kier alpha value is -1.62. The number of nitrogens with zero attached hydrogens (tertiary/aromatic N) is 4. The summed E-state index contributed by atoms with van der Waals surface area (Å²) in [5.74, 6) is 1.06. The lowest BCUT2D eigenvalue weighted by atomic mass is 10.2. The molecule has 2 aromatic heterocycles. The van der Waals surface area contributed by atoms with Crippen LogP contribution in [0.15, 0.2) is 12.3 Å². The van der Waals surface area contributed by atoms with Crippen LogP contribution in [-0.2, 0) is 13.6 Å². The van der Waals surface area contributed by atoms with E-state index < -0.39 is 0 Å². The first-order valence-corrected chi connectivity index (χ1v) is 6.43. The van der Waals surface area contributed by atoms with Crippen LogP contribution in [0.25, 0.3) is 5.82 Å². The van der Waals surface area contributed by atoms with Crippen molar-refractivity contribution in [1.29, 1.82) is 0 Å². The molecule has 96 valence electrons. The summed E-state index contributed by atoms with van der Waals surface area (Å²) in [6, 6.07) is 2.72. The zero-order valence-corrected chi connectivity index (χ0v) is 11.1. The average Bonchev–Trinajstić information content (AvgIpc) is 2.98. The maximum absolute atomic E-state index is 4.51. The molecule has 0 radical (unpaired) electrons. The topological polar surface area (TPSA) is 47.7 Å². The van der Waals surface area contributed by atoms with Crippen molar-refractivity contribution in [2.45, 2.75) is 39.3 Å². The van der Waals surface area contributed by atoms with E-state index >= 15 is 0 Å². The first kappa shape index (κ1) is 11.5. The van der Waals surface area contributed by atoms with Gasteiger partial charge < -0.3 is 5.32 Å². The van der Waals surface area contributed by atoms with Crippen LogP contribution in [-0.4, -0.2) is 25.6 Å². The molecule has 18 heavy (non-hydrogen) atoms. The van der Waals surface area contributed by atoms with Gasteiger partial charge in [0.1, 0.15) is 0 Å². The molecule has 3 rings (SSSR count). The zero-order valence-electron chi connectivity index (χ0n) is 11.1. The summed E-state index contributed by atoms with van der Waals surface area (Å²) in [6.45, 7) is 4.93. The van der Waals surface area contributed by atoms with Crippen LogP contribution in [0.4, 0.5) is 0 Å². The van der Waals surface area contributed by atoms with Crippen LogP contribution in [0.3, 0.4) is 0 Å². The van der Waals surface area contributed by atoms with E-state index in [0.717, 1.165) is 23.8 Å². The summed E-state index contributed by atoms with van der Waals surface area (Å²) < 4.78 is 3.82. The van der Waals surface area contributed by atoms with Crippen molar-refractivity contribution in [3.05, 3.63) is 29.2 Å². The fraction of sp³-hybridized carbons (Fsp3) is 0.538. The van der Waals surface area contributed by atoms with Crippen molar-refractivity contribution in [3.8, 4) is 5.82 Å². The molecule has 0 saturated heterocycles. The predicted octanol–water partition coefficient (Wildman–Crippen LogP) is 1.47. The third-order valence-corrected chi connectivity index (χ3v) is 3.40. The van der Waals surface area contributed by atoms with E-state index in [4.69, 9.17) is 0 Å². The number of hydrogen-bond acceptors (Lipinski definition) is 3. The molecule has 0 atom stereocenters. The maximum Gasteiger partial charge on any atom is 0.156 e. The van der Waals surface area contributed by atoms with Gasteiger partial charge in [-0.1, -0.05) is 0 Å². The number of nitrogens with one attached hydrogen (secondary N) is 1. The molecule has 0 aliphatic heterocycles. The molecule has 5 nitrogen and oxygen atoms in total. The summed E-state index contributed by atoms with van der Waals surface area (Å²) in [6.07, 6.45) is 4.59. The second-order valence-corrected chi connectivity index (χ2v) is 5.07. The van der Waals surface area contributed by atoms with Crippen molar-refractivity contribution in [1.82, 2.24) is 24.9 Å². The molecule has 2 heterocycles. The first-order chi connectivity index (χ1) is 8.65. The molecule has 1 N–H and O–H groups in total. The Morgan fingerprint density at radius 1 is 1.33 bits per heavy atom. The van der Waals surface area contributed by atoms with Gasteiger partial charge in [0.15, 0.2) is 5.82 Å². The minimum Gasteiger partial charge on any atom is -0.310 e. The monoisotopic (exact) mass is 245 g/mol. The first-order valence-electron chi connectivity index (χ1n) is 6.43. The second-order valence-electron chi connectivity index (χ2n) is 5.07. The van der Waals surface area contributed by atoms with Gasteiger partial charge in [-0.05, 0) is 32.8 Å². The Morgan fingerprint density at radius 3 is 2.72 bits per heavy atom. The maximum atomic E-state index is 4.51. The SMILES string of the molecule is Cc1ccn(-c2c(CNC3CC3)c(C)nn2C)n1. The molecular formula is C13H19N5. The second kappa shape index (κ2) is 4.24. The Morgan fingerprint density at radius 2 is 2.11 bits per heavy atom. The molecule has 0 spiro atoms. The lowest BCUT2D eigenvalue weighted by Crippen LogP contribution is -2.17. The number of hydrogen-bond donors (Lipinski definition) is 1. The third kappa shape index (κ3) is 2.06. The zero-order chi connectivity index (χ0) is 12.7. The molecule has 0 unspecified atom stereocenters. The highest BCUT2D eigenvalue weighted by molar-refractivity contribution is 5.37. The van der Waals surface area contributed by atoms with Gasteiger partial charge in [-0.25, -0.2) is 4.68 Å². The fourth-order valence-corrected chi connectivity index (χ4v) is 2.25. The van der Waals surface area contributed by atoms with Crippen molar-refractivity contribution in [2.24, 2.45) is 7.05 Å². The van der Waals surface area contributed by atoms with E-state index in [1.807, 2.05) is 35.6 Å². The summed E-state index contributed by atoms with van der Waals surface area (Å²) in [5.41, 5.74) is 3.34. The Kier molecular flexibility index (Phi) is 2.70. The summed E-state index contributed by atoms with van der Waals surface area (Å²) >= 11 is 0. The Balaban J connectivity index is 1.95. The van der Waals surface area contributed by atoms with E-state index in [0.29, 0.717) is 6.04 Å². The van der Waals surface area contributed by atoms with Crippen LogP contribution < -0.4 is 5.32 Å². The summed E-state index contributed by atoms with van der Waals surface area (Å²) in [7, 11) is 1.97. The van der Waals surface area contributed by atoms with Crippen molar-refractivity contribution >= 4 is 0 Å². The summed E-state index contributed by atoms with van der Waals surface area (Å²) in [4.78, 5) is 0. The highest BCUT2D eigenvalue weighted by Crippen LogP contribution is 2.22. The van der Waals surface area contributed by atoms with Crippen molar-refractivity contribution in [2.75, 3.05) is 0 Å². The smallest absolute Gasteiger partial charge is 0.156 e. The molecule has 0 aromatic carbocycles. The molecule has 5 heteroatoms. The Bertz CT molecular complexity index is 562. The Labute approximate surface area is 107 Å². The van der Waals surface area contributed by atoms with E-state index in [9.17, 15) is 0 Å². The molecule has 2 aromatic rings. The fourth-order valence-electron chi connectivity index (χ4n) is 2.25. The van der Waals surface area contributed by atoms with E-state index in [1.165, 1.54) is 18.4 Å². The van der Waals surface area contributed by atoms with E-state index in [-0.39, 0.29) is 0 Å². The molecule has 1 aliphatic rings. The van der Waals surface area contributed by atoms with Gasteiger partial charge in [-0.15, -0.1) is 0 Å². The predicted molar refractivity (Wildman–Crippen MR) is 69.7 cm³/mol. The van der Waals surface area contributed by atoms with Gasteiger partial charge >= 0.3 is 0 Å². The van der Waals surface area contributed by atoms with Gasteiger partial charge in [0.05, 0.1) is 11.4 Å². The van der Waals surface area contributed by atoms with Crippen LogP contribution in [0.5, 0.6) is 0 Å². The van der Waals surface area contributed by atoms with Crippen LogP contribution >= 0.6 is 0 Å². The lowest BCUT2D eigenvalue weighted by molar-refractivity contribution is 0.663. The molecule has 1 fully saturated rings. The lowest BCUT2D eigenvalue weighted by Gasteiger charge is -2.07. The minimum absolute atomic E-state index is 0.705. The quantitative estimate of drug-likeness (QED) is 0.887. The molecule has 1 aliphatic carbocycles. The standard InChI is InChI=1S/C13H19N5/c1-9-6-7-18(15-9)13-12(8-14-11-4-5-11)10(2)16-17(13)3/h6-7,11,14H,4-5,8H2,1-3H3. The van der Waals surface area contributed by atoms with Gasteiger partial charge in [0, 0.05) is 31.4 Å². The highest BCUT2D eigenvalue weighted by Gasteiger charge is 2.22. The normalized spacial score (nSPS) is 15.3. The third-order valence-electron chi connectivity index (χ3n) is 3.40. The summed E-state index contributed by atoms with van der Waals surface area (Å²) in [5, 5.41) is 12.5. The number of rotatable bonds is 4.